The van der Waals surface area contributed by atoms with Gasteiger partial charge in [0.25, 0.3) is 0 Å². The number of halogens is 2. The first kappa shape index (κ1) is 25.5. The molecule has 9 heteroatoms. The van der Waals surface area contributed by atoms with Crippen molar-refractivity contribution >= 4 is 33.2 Å². The highest BCUT2D eigenvalue weighted by Crippen LogP contribution is 2.36. The van der Waals surface area contributed by atoms with E-state index < -0.39 is 10.0 Å². The van der Waals surface area contributed by atoms with Gasteiger partial charge in [0.2, 0.25) is 15.9 Å². The van der Waals surface area contributed by atoms with Gasteiger partial charge in [-0.1, -0.05) is 41.9 Å². The summed E-state index contributed by atoms with van der Waals surface area (Å²) >= 11 is 6.15. The molecule has 0 bridgehead atoms. The van der Waals surface area contributed by atoms with Crippen LogP contribution in [0.15, 0.2) is 72.8 Å². The lowest BCUT2D eigenvalue weighted by molar-refractivity contribution is -0.121. The molecule has 0 aromatic heterocycles. The average molecular weight is 505 g/mol. The van der Waals surface area contributed by atoms with Crippen LogP contribution in [0.5, 0.6) is 11.5 Å². The summed E-state index contributed by atoms with van der Waals surface area (Å²) in [5, 5.41) is 3.17. The van der Waals surface area contributed by atoms with Gasteiger partial charge in [-0.05, 0) is 60.9 Å². The highest BCUT2D eigenvalue weighted by Gasteiger charge is 2.22. The normalized spacial score (nSPS) is 11.1. The predicted molar refractivity (Wildman–Crippen MR) is 133 cm³/mol. The minimum atomic E-state index is -3.67. The smallest absolute Gasteiger partial charge is 0.232 e. The Balaban J connectivity index is 1.61. The lowest BCUT2D eigenvalue weighted by Gasteiger charge is -2.25. The number of sulfonamides is 1. The van der Waals surface area contributed by atoms with E-state index in [4.69, 9.17) is 16.3 Å². The van der Waals surface area contributed by atoms with Crippen LogP contribution < -0.4 is 14.4 Å². The molecular weight excluding hydrogens is 479 g/mol. The number of rotatable bonds is 11. The minimum absolute atomic E-state index is 0.0791. The summed E-state index contributed by atoms with van der Waals surface area (Å²) in [6, 6.07) is 19.9. The third-order valence-electron chi connectivity index (χ3n) is 4.98. The number of hydrogen-bond acceptors (Lipinski definition) is 4. The van der Waals surface area contributed by atoms with Crippen molar-refractivity contribution in [1.29, 1.82) is 0 Å². The lowest BCUT2D eigenvalue weighted by atomic mass is 10.1. The minimum Gasteiger partial charge on any atom is -0.455 e. The molecule has 0 aliphatic carbocycles. The molecule has 3 aromatic rings. The fourth-order valence-electron chi connectivity index (χ4n) is 3.32. The molecule has 3 rings (SSSR count). The molecule has 0 heterocycles. The summed E-state index contributed by atoms with van der Waals surface area (Å²) in [6.45, 7) is 0.485. The predicted octanol–water partition coefficient (Wildman–Crippen LogP) is 5.18. The number of nitrogens with one attached hydrogen (secondary N) is 1. The summed E-state index contributed by atoms with van der Waals surface area (Å²) < 4.78 is 45.2. The Labute approximate surface area is 204 Å². The number of para-hydroxylation sites is 1. The Bertz CT molecular complexity index is 1210. The van der Waals surface area contributed by atoms with Gasteiger partial charge in [0.1, 0.15) is 11.6 Å². The molecule has 0 aliphatic heterocycles. The average Bonchev–Trinajstić information content (AvgIpc) is 2.79. The maximum Gasteiger partial charge on any atom is 0.232 e. The van der Waals surface area contributed by atoms with Crippen LogP contribution >= 0.6 is 11.6 Å². The third kappa shape index (κ3) is 7.74. The van der Waals surface area contributed by atoms with Crippen LogP contribution in [-0.4, -0.2) is 33.7 Å². The van der Waals surface area contributed by atoms with E-state index >= 15 is 0 Å². The topological polar surface area (TPSA) is 75.7 Å². The third-order valence-corrected chi connectivity index (χ3v) is 6.39. The molecule has 0 aliphatic rings. The molecule has 0 unspecified atom stereocenters. The molecule has 0 saturated heterocycles. The van der Waals surface area contributed by atoms with Crippen LogP contribution in [0, 0.1) is 5.82 Å². The SMILES string of the molecule is CS(=O)(=O)N(CCCC(=O)NCCc1ccc(F)cc1)c1cc(Cl)ccc1Oc1ccccc1. The van der Waals surface area contributed by atoms with E-state index in [0.29, 0.717) is 41.6 Å². The molecule has 34 heavy (non-hydrogen) atoms. The van der Waals surface area contributed by atoms with Crippen molar-refractivity contribution in [2.75, 3.05) is 23.7 Å². The molecule has 1 N–H and O–H groups in total. The molecule has 0 atom stereocenters. The van der Waals surface area contributed by atoms with Crippen molar-refractivity contribution < 1.29 is 22.3 Å². The fraction of sp³-hybridized carbons (Fsp3) is 0.240. The van der Waals surface area contributed by atoms with Crippen molar-refractivity contribution in [3.8, 4) is 11.5 Å². The largest absolute Gasteiger partial charge is 0.455 e. The van der Waals surface area contributed by atoms with Gasteiger partial charge >= 0.3 is 0 Å². The van der Waals surface area contributed by atoms with Crippen LogP contribution in [0.2, 0.25) is 5.02 Å². The molecule has 0 spiro atoms. The highest BCUT2D eigenvalue weighted by molar-refractivity contribution is 7.92. The second kappa shape index (κ2) is 11.9. The Morgan fingerprint density at radius 1 is 1.06 bits per heavy atom. The van der Waals surface area contributed by atoms with E-state index in [2.05, 4.69) is 5.32 Å². The monoisotopic (exact) mass is 504 g/mol. The van der Waals surface area contributed by atoms with Crippen LogP contribution in [0.3, 0.4) is 0 Å². The number of anilines is 1. The van der Waals surface area contributed by atoms with E-state index in [0.717, 1.165) is 11.8 Å². The van der Waals surface area contributed by atoms with E-state index in [1.807, 2.05) is 18.2 Å². The summed E-state index contributed by atoms with van der Waals surface area (Å²) in [5.41, 5.74) is 1.22. The molecule has 180 valence electrons. The Morgan fingerprint density at radius 2 is 1.76 bits per heavy atom. The molecule has 0 fully saturated rings. The first-order valence-electron chi connectivity index (χ1n) is 10.7. The first-order valence-corrected chi connectivity index (χ1v) is 13.0. The number of carbonyl (C=O) groups excluding carboxylic acids is 1. The maximum atomic E-state index is 13.0. The van der Waals surface area contributed by atoms with Gasteiger partial charge in [-0.2, -0.15) is 0 Å². The molecule has 0 saturated carbocycles. The molecule has 0 radical (unpaired) electrons. The summed E-state index contributed by atoms with van der Waals surface area (Å²) in [4.78, 5) is 12.2. The van der Waals surface area contributed by atoms with Crippen LogP contribution in [0.4, 0.5) is 10.1 Å². The Morgan fingerprint density at radius 3 is 2.44 bits per heavy atom. The molecular formula is C25H26ClFN2O4S. The van der Waals surface area contributed by atoms with Crippen molar-refractivity contribution in [3.05, 3.63) is 89.2 Å². The molecule has 1 amide bonds. The van der Waals surface area contributed by atoms with Crippen molar-refractivity contribution in [2.45, 2.75) is 19.3 Å². The number of benzene rings is 3. The van der Waals surface area contributed by atoms with Crippen LogP contribution in [0.25, 0.3) is 0 Å². The summed E-state index contributed by atoms with van der Waals surface area (Å²) in [7, 11) is -3.67. The second-order valence-corrected chi connectivity index (χ2v) is 10.0. The number of hydrogen-bond donors (Lipinski definition) is 1. The van der Waals surface area contributed by atoms with Gasteiger partial charge in [-0.25, -0.2) is 12.8 Å². The van der Waals surface area contributed by atoms with E-state index in [1.54, 1.807) is 36.4 Å². The van der Waals surface area contributed by atoms with Crippen LogP contribution in [-0.2, 0) is 21.2 Å². The summed E-state index contributed by atoms with van der Waals surface area (Å²) in [5.74, 6) is 0.396. The Kier molecular flexibility index (Phi) is 8.90. The van der Waals surface area contributed by atoms with E-state index in [9.17, 15) is 17.6 Å². The van der Waals surface area contributed by atoms with E-state index in [1.165, 1.54) is 22.5 Å². The lowest BCUT2D eigenvalue weighted by Crippen LogP contribution is -2.32. The summed E-state index contributed by atoms with van der Waals surface area (Å²) in [6.07, 6.45) is 2.12. The highest BCUT2D eigenvalue weighted by atomic mass is 35.5. The zero-order valence-electron chi connectivity index (χ0n) is 18.7. The maximum absolute atomic E-state index is 13.0. The number of amides is 1. The van der Waals surface area contributed by atoms with Crippen LogP contribution in [0.1, 0.15) is 18.4 Å². The van der Waals surface area contributed by atoms with Crippen molar-refractivity contribution in [1.82, 2.24) is 5.32 Å². The standard InChI is InChI=1S/C25H26ClFN2O4S/c1-34(31,32)29(17-5-8-25(30)28-16-15-19-9-12-21(27)13-10-19)23-18-20(26)11-14-24(23)33-22-6-3-2-4-7-22/h2-4,6-7,9-14,18H,5,8,15-17H2,1H3,(H,28,30). The van der Waals surface area contributed by atoms with E-state index in [-0.39, 0.29) is 24.7 Å². The first-order chi connectivity index (χ1) is 16.2. The van der Waals surface area contributed by atoms with Gasteiger partial charge in [-0.3, -0.25) is 9.10 Å². The molecule has 6 nitrogen and oxygen atoms in total. The van der Waals surface area contributed by atoms with Gasteiger partial charge in [-0.15, -0.1) is 0 Å². The van der Waals surface area contributed by atoms with Crippen molar-refractivity contribution in [2.24, 2.45) is 0 Å². The van der Waals surface area contributed by atoms with Gasteiger partial charge < -0.3 is 10.1 Å². The Hall–Kier alpha value is -3.10. The van der Waals surface area contributed by atoms with Crippen molar-refractivity contribution in [3.63, 3.8) is 0 Å². The quantitative estimate of drug-likeness (QED) is 0.390. The number of carbonyl (C=O) groups is 1. The van der Waals surface area contributed by atoms with Gasteiger partial charge in [0, 0.05) is 24.5 Å². The van der Waals surface area contributed by atoms with Gasteiger partial charge in [0.15, 0.2) is 5.75 Å². The number of ether oxygens (including phenoxy) is 1. The zero-order valence-corrected chi connectivity index (χ0v) is 20.3. The second-order valence-electron chi connectivity index (χ2n) is 7.69. The fourth-order valence-corrected chi connectivity index (χ4v) is 4.45. The molecule has 3 aromatic carbocycles. The number of nitrogens with zero attached hydrogens (tertiary/aromatic N) is 1. The zero-order chi connectivity index (χ0) is 24.6. The van der Waals surface area contributed by atoms with Gasteiger partial charge in [0.05, 0.1) is 11.9 Å².